The first-order chi connectivity index (χ1) is 13.7. The van der Waals surface area contributed by atoms with E-state index in [2.05, 4.69) is 10.3 Å². The lowest BCUT2D eigenvalue weighted by Gasteiger charge is -2.23. The van der Waals surface area contributed by atoms with Gasteiger partial charge in [0.2, 0.25) is 5.82 Å². The Balaban J connectivity index is 1.94. The van der Waals surface area contributed by atoms with Crippen molar-refractivity contribution in [1.82, 2.24) is 4.98 Å². The molecule has 1 aromatic carbocycles. The number of amides is 2. The molecule has 1 aliphatic heterocycles. The van der Waals surface area contributed by atoms with Crippen LogP contribution in [0.15, 0.2) is 30.5 Å². The summed E-state index contributed by atoms with van der Waals surface area (Å²) < 4.78 is 38.8. The molecule has 0 bridgehead atoms. The van der Waals surface area contributed by atoms with Crippen molar-refractivity contribution in [3.63, 3.8) is 0 Å². The zero-order valence-corrected chi connectivity index (χ0v) is 16.1. The van der Waals surface area contributed by atoms with Crippen LogP contribution in [0.5, 0.6) is 5.75 Å². The highest BCUT2D eigenvalue weighted by atomic mass is 19.2. The summed E-state index contributed by atoms with van der Waals surface area (Å²) in [5.41, 5.74) is 5.86. The maximum absolute atomic E-state index is 14.2. The number of ether oxygens (including phenoxy) is 2. The largest absolute Gasteiger partial charge is 0.493 e. The summed E-state index contributed by atoms with van der Waals surface area (Å²) in [6.07, 6.45) is 0.0444. The van der Waals surface area contributed by atoms with Gasteiger partial charge >= 0.3 is 0 Å². The molecule has 1 aliphatic rings. The molecule has 0 spiro atoms. The van der Waals surface area contributed by atoms with Gasteiger partial charge in [-0.1, -0.05) is 13.0 Å². The van der Waals surface area contributed by atoms with Gasteiger partial charge in [-0.15, -0.1) is 0 Å². The molecule has 0 radical (unpaired) electrons. The number of nitrogens with two attached hydrogens (primary N) is 1. The molecule has 2 aromatic rings. The van der Waals surface area contributed by atoms with Crippen LogP contribution in [0.4, 0.5) is 14.5 Å². The van der Waals surface area contributed by atoms with Crippen molar-refractivity contribution in [2.24, 2.45) is 11.7 Å². The number of hydrogen-bond acceptors (Lipinski definition) is 5. The lowest BCUT2D eigenvalue weighted by molar-refractivity contribution is -0.127. The lowest BCUT2D eigenvalue weighted by atomic mass is 9.82. The van der Waals surface area contributed by atoms with Gasteiger partial charge in [0.25, 0.3) is 11.8 Å². The Labute approximate surface area is 166 Å². The monoisotopic (exact) mass is 405 g/mol. The number of anilines is 1. The average molecular weight is 405 g/mol. The highest BCUT2D eigenvalue weighted by Crippen LogP contribution is 2.44. The van der Waals surface area contributed by atoms with Crippen molar-refractivity contribution in [2.45, 2.75) is 32.0 Å². The number of rotatable bonds is 5. The average Bonchev–Trinajstić information content (AvgIpc) is 2.99. The number of primary amides is 1. The molecule has 3 rings (SSSR count). The first-order valence-corrected chi connectivity index (χ1v) is 8.98. The normalized spacial score (nSPS) is 23.6. The Kier molecular flexibility index (Phi) is 5.78. The number of hydrogen-bond donors (Lipinski definition) is 2. The van der Waals surface area contributed by atoms with Crippen molar-refractivity contribution in [1.29, 1.82) is 0 Å². The summed E-state index contributed by atoms with van der Waals surface area (Å²) >= 11 is 0. The Bertz CT molecular complexity index is 953. The van der Waals surface area contributed by atoms with Crippen molar-refractivity contribution >= 4 is 17.5 Å². The molecule has 0 aliphatic carbocycles. The fourth-order valence-electron chi connectivity index (χ4n) is 3.55. The minimum Gasteiger partial charge on any atom is -0.493 e. The molecule has 154 valence electrons. The van der Waals surface area contributed by atoms with Crippen LogP contribution in [0.1, 0.15) is 35.8 Å². The Morgan fingerprint density at radius 3 is 2.62 bits per heavy atom. The molecule has 7 nitrogen and oxygen atoms in total. The van der Waals surface area contributed by atoms with E-state index in [9.17, 15) is 18.4 Å². The minimum absolute atomic E-state index is 0.00398. The van der Waals surface area contributed by atoms with Crippen LogP contribution in [0.25, 0.3) is 0 Å². The second-order valence-electron chi connectivity index (χ2n) is 6.91. The Morgan fingerprint density at radius 1 is 1.24 bits per heavy atom. The van der Waals surface area contributed by atoms with E-state index in [1.165, 1.54) is 31.5 Å². The first-order valence-electron chi connectivity index (χ1n) is 8.98. The molecule has 2 heterocycles. The number of halogens is 2. The summed E-state index contributed by atoms with van der Waals surface area (Å²) in [5.74, 6) is -4.39. The van der Waals surface area contributed by atoms with Gasteiger partial charge in [-0.05, 0) is 31.0 Å². The van der Waals surface area contributed by atoms with Gasteiger partial charge in [-0.3, -0.25) is 14.6 Å². The first kappa shape index (κ1) is 20.7. The maximum Gasteiger partial charge on any atom is 0.267 e. The Hall–Kier alpha value is -3.07. The maximum atomic E-state index is 14.2. The van der Waals surface area contributed by atoms with Crippen molar-refractivity contribution in [3.05, 3.63) is 53.4 Å². The standard InChI is InChI=1S/C20H21F2N3O4/c1-9-10(2)29-18(15(9)12-4-5-13(21)16(22)17(12)28-3)20(27)25-11-6-7-24-14(8-11)19(23)26/h4-10,15,18H,1-3H3,(H2,23,26)(H,24,25,27). The number of nitrogens with zero attached hydrogens (tertiary/aromatic N) is 1. The number of pyridine rings is 1. The lowest BCUT2D eigenvalue weighted by Crippen LogP contribution is -2.33. The number of carbonyl (C=O) groups is 2. The number of methoxy groups -OCH3 is 1. The van der Waals surface area contributed by atoms with Crippen LogP contribution in [0.2, 0.25) is 0 Å². The van der Waals surface area contributed by atoms with Crippen molar-refractivity contribution in [2.75, 3.05) is 12.4 Å². The third-order valence-corrected chi connectivity index (χ3v) is 5.18. The van der Waals surface area contributed by atoms with E-state index in [0.717, 1.165) is 6.07 Å². The zero-order valence-electron chi connectivity index (χ0n) is 16.1. The SMILES string of the molecule is COc1c(C2C(C(=O)Nc3ccnc(C(N)=O)c3)OC(C)C2C)ccc(F)c1F. The van der Waals surface area contributed by atoms with Gasteiger partial charge in [0, 0.05) is 23.4 Å². The molecular formula is C20H21F2N3O4. The molecule has 2 amide bonds. The van der Waals surface area contributed by atoms with Gasteiger partial charge < -0.3 is 20.5 Å². The fraction of sp³-hybridized carbons (Fsp3) is 0.350. The predicted octanol–water partition coefficient (Wildman–Crippen LogP) is 2.61. The number of aromatic nitrogens is 1. The third-order valence-electron chi connectivity index (χ3n) is 5.18. The van der Waals surface area contributed by atoms with Gasteiger partial charge in [-0.2, -0.15) is 4.39 Å². The van der Waals surface area contributed by atoms with Crippen LogP contribution < -0.4 is 15.8 Å². The van der Waals surface area contributed by atoms with E-state index in [4.69, 9.17) is 15.2 Å². The van der Waals surface area contributed by atoms with Gasteiger partial charge in [-0.25, -0.2) is 4.39 Å². The van der Waals surface area contributed by atoms with Gasteiger partial charge in [0.05, 0.1) is 13.2 Å². The zero-order chi connectivity index (χ0) is 21.3. The molecule has 4 atom stereocenters. The molecule has 29 heavy (non-hydrogen) atoms. The quantitative estimate of drug-likeness (QED) is 0.796. The van der Waals surface area contributed by atoms with E-state index in [1.807, 2.05) is 6.92 Å². The molecular weight excluding hydrogens is 384 g/mol. The van der Waals surface area contributed by atoms with Crippen LogP contribution in [0, 0.1) is 17.6 Å². The summed E-state index contributed by atoms with van der Waals surface area (Å²) in [7, 11) is 1.24. The molecule has 4 unspecified atom stereocenters. The summed E-state index contributed by atoms with van der Waals surface area (Å²) in [5, 5.41) is 2.66. The predicted molar refractivity (Wildman–Crippen MR) is 101 cm³/mol. The second kappa shape index (κ2) is 8.12. The van der Waals surface area contributed by atoms with Crippen LogP contribution in [-0.4, -0.2) is 36.1 Å². The van der Waals surface area contributed by atoms with E-state index in [0.29, 0.717) is 11.3 Å². The number of nitrogens with one attached hydrogen (secondary N) is 1. The highest BCUT2D eigenvalue weighted by molar-refractivity contribution is 5.97. The van der Waals surface area contributed by atoms with Crippen molar-refractivity contribution < 1.29 is 27.8 Å². The van der Waals surface area contributed by atoms with E-state index < -0.39 is 35.5 Å². The molecule has 1 aromatic heterocycles. The summed E-state index contributed by atoms with van der Waals surface area (Å²) in [6, 6.07) is 5.24. The van der Waals surface area contributed by atoms with Crippen molar-refractivity contribution in [3.8, 4) is 5.75 Å². The summed E-state index contributed by atoms with van der Waals surface area (Å²) in [4.78, 5) is 28.1. The minimum atomic E-state index is -1.11. The van der Waals surface area contributed by atoms with E-state index >= 15 is 0 Å². The topological polar surface area (TPSA) is 104 Å². The molecule has 1 saturated heterocycles. The fourth-order valence-corrected chi connectivity index (χ4v) is 3.55. The van der Waals surface area contributed by atoms with E-state index in [-0.39, 0.29) is 23.5 Å². The van der Waals surface area contributed by atoms with Crippen LogP contribution in [0.3, 0.4) is 0 Å². The van der Waals surface area contributed by atoms with Gasteiger partial charge in [0.1, 0.15) is 11.8 Å². The summed E-state index contributed by atoms with van der Waals surface area (Å²) in [6.45, 7) is 3.66. The van der Waals surface area contributed by atoms with E-state index in [1.54, 1.807) is 6.92 Å². The van der Waals surface area contributed by atoms with Gasteiger partial charge in [0.15, 0.2) is 11.6 Å². The third kappa shape index (κ3) is 3.91. The molecule has 9 heteroatoms. The molecule has 0 saturated carbocycles. The van der Waals surface area contributed by atoms with Crippen LogP contribution in [-0.2, 0) is 9.53 Å². The highest BCUT2D eigenvalue weighted by Gasteiger charge is 2.46. The smallest absolute Gasteiger partial charge is 0.267 e. The second-order valence-corrected chi connectivity index (χ2v) is 6.91. The molecule has 3 N–H and O–H groups in total. The van der Waals surface area contributed by atoms with Crippen LogP contribution >= 0.6 is 0 Å². The Morgan fingerprint density at radius 2 is 1.97 bits per heavy atom. The molecule has 1 fully saturated rings. The number of benzene rings is 1. The number of carbonyl (C=O) groups excluding carboxylic acids is 2.